The number of hydrogen-bond acceptors (Lipinski definition) is 1. The molecule has 142 valence electrons. The summed E-state index contributed by atoms with van der Waals surface area (Å²) in [4.78, 5) is 0. The number of benzene rings is 4. The van der Waals surface area contributed by atoms with Crippen LogP contribution in [0, 0.1) is 0 Å². The third-order valence-corrected chi connectivity index (χ3v) is 6.13. The van der Waals surface area contributed by atoms with Crippen molar-refractivity contribution in [2.24, 2.45) is 0 Å². The Morgan fingerprint density at radius 3 is 1.07 bits per heavy atom. The van der Waals surface area contributed by atoms with Gasteiger partial charge in [0.2, 0.25) is 0 Å². The second kappa shape index (κ2) is 7.03. The van der Waals surface area contributed by atoms with Gasteiger partial charge in [-0.25, -0.2) is 0 Å². The van der Waals surface area contributed by atoms with Crippen molar-refractivity contribution in [3.63, 3.8) is 0 Å². The Morgan fingerprint density at radius 1 is 0.414 bits per heavy atom. The van der Waals surface area contributed by atoms with Crippen LogP contribution in [0.5, 0.6) is 0 Å². The molecule has 1 fully saturated rings. The number of ether oxygens (including phenoxy) is 1. The zero-order valence-electron chi connectivity index (χ0n) is 15.6. The highest BCUT2D eigenvalue weighted by Crippen LogP contribution is 2.68. The zero-order chi connectivity index (χ0) is 19.9. The molecule has 0 unspecified atom stereocenters. The molecule has 1 saturated heterocycles. The fourth-order valence-corrected chi connectivity index (χ4v) is 4.55. The first-order chi connectivity index (χ1) is 14.2. The zero-order valence-corrected chi connectivity index (χ0v) is 17.1. The van der Waals surface area contributed by atoms with E-state index < -0.39 is 11.2 Å². The molecule has 4 aromatic carbocycles. The Kier molecular flexibility index (Phi) is 4.48. The molecule has 0 aliphatic carbocycles. The Balaban J connectivity index is 1.81. The number of epoxide rings is 1. The molecule has 3 heteroatoms. The summed E-state index contributed by atoms with van der Waals surface area (Å²) in [6, 6.07) is 36.6. The molecule has 0 saturated carbocycles. The summed E-state index contributed by atoms with van der Waals surface area (Å²) in [6.45, 7) is 0. The predicted octanol–water partition coefficient (Wildman–Crippen LogP) is 7.21. The predicted molar refractivity (Wildman–Crippen MR) is 118 cm³/mol. The van der Waals surface area contributed by atoms with E-state index in [1.165, 1.54) is 0 Å². The molecule has 0 radical (unpaired) electrons. The minimum absolute atomic E-state index is 0.642. The van der Waals surface area contributed by atoms with Crippen LogP contribution < -0.4 is 0 Å². The van der Waals surface area contributed by atoms with Gasteiger partial charge in [-0.2, -0.15) is 0 Å². The van der Waals surface area contributed by atoms with Crippen molar-refractivity contribution in [1.29, 1.82) is 0 Å². The first-order valence-electron chi connectivity index (χ1n) is 9.50. The van der Waals surface area contributed by atoms with E-state index in [0.717, 1.165) is 22.3 Å². The lowest BCUT2D eigenvalue weighted by atomic mass is 9.74. The van der Waals surface area contributed by atoms with Gasteiger partial charge < -0.3 is 4.74 Å². The summed E-state index contributed by atoms with van der Waals surface area (Å²) in [7, 11) is 0. The highest BCUT2D eigenvalue weighted by Gasteiger charge is 2.73. The second-order valence-corrected chi connectivity index (χ2v) is 8.08. The lowest BCUT2D eigenvalue weighted by molar-refractivity contribution is 0.300. The Morgan fingerprint density at radius 2 is 0.724 bits per heavy atom. The monoisotopic (exact) mass is 416 g/mol. The second-order valence-electron chi connectivity index (χ2n) is 7.21. The maximum Gasteiger partial charge on any atom is 0.157 e. The summed E-state index contributed by atoms with van der Waals surface area (Å²) >= 11 is 12.4. The van der Waals surface area contributed by atoms with E-state index >= 15 is 0 Å². The Bertz CT molecular complexity index is 1040. The highest BCUT2D eigenvalue weighted by molar-refractivity contribution is 6.30. The smallest absolute Gasteiger partial charge is 0.157 e. The van der Waals surface area contributed by atoms with E-state index in [2.05, 4.69) is 48.5 Å². The van der Waals surface area contributed by atoms with E-state index in [1.807, 2.05) is 60.7 Å². The van der Waals surface area contributed by atoms with E-state index in [-0.39, 0.29) is 0 Å². The Hall–Kier alpha value is -2.58. The minimum Gasteiger partial charge on any atom is -0.342 e. The molecule has 0 spiro atoms. The van der Waals surface area contributed by atoms with Crippen LogP contribution in [0.15, 0.2) is 109 Å². The fraction of sp³-hybridized carbons (Fsp3) is 0.0769. The molecule has 29 heavy (non-hydrogen) atoms. The summed E-state index contributed by atoms with van der Waals surface area (Å²) in [5, 5.41) is 1.40. The Labute approximate surface area is 180 Å². The standard InChI is InChI=1S/C26H18Cl2O/c27-23-15-11-21(12-16-23)26(22-13-17-24(28)18-14-22)25(29-26,19-7-3-1-4-8-19)20-9-5-2-6-10-20/h1-18H. The maximum absolute atomic E-state index is 6.83. The van der Waals surface area contributed by atoms with Crippen molar-refractivity contribution in [2.45, 2.75) is 11.2 Å². The summed E-state index contributed by atoms with van der Waals surface area (Å²) < 4.78 is 6.83. The highest BCUT2D eigenvalue weighted by atomic mass is 35.5. The van der Waals surface area contributed by atoms with Gasteiger partial charge in [-0.1, -0.05) is 108 Å². The molecule has 1 heterocycles. The molecule has 0 bridgehead atoms. The third kappa shape index (κ3) is 2.81. The van der Waals surface area contributed by atoms with Gasteiger partial charge in [-0.05, 0) is 46.5 Å². The quantitative estimate of drug-likeness (QED) is 0.320. The van der Waals surface area contributed by atoms with Crippen LogP contribution in [0.25, 0.3) is 0 Å². The molecule has 1 aliphatic heterocycles. The molecular weight excluding hydrogens is 399 g/mol. The van der Waals surface area contributed by atoms with Gasteiger partial charge in [-0.3, -0.25) is 0 Å². The average molecular weight is 417 g/mol. The molecular formula is C26H18Cl2O. The molecule has 0 aromatic heterocycles. The van der Waals surface area contributed by atoms with Crippen LogP contribution in [-0.2, 0) is 15.9 Å². The van der Waals surface area contributed by atoms with Crippen molar-refractivity contribution < 1.29 is 4.74 Å². The van der Waals surface area contributed by atoms with E-state index in [4.69, 9.17) is 27.9 Å². The van der Waals surface area contributed by atoms with E-state index in [9.17, 15) is 0 Å². The summed E-state index contributed by atoms with van der Waals surface area (Å²) in [6.07, 6.45) is 0. The number of rotatable bonds is 4. The fourth-order valence-electron chi connectivity index (χ4n) is 4.30. The van der Waals surface area contributed by atoms with Gasteiger partial charge in [0.1, 0.15) is 0 Å². The molecule has 5 rings (SSSR count). The maximum atomic E-state index is 6.83. The number of halogens is 2. The molecule has 4 aromatic rings. The normalized spacial score (nSPS) is 16.3. The van der Waals surface area contributed by atoms with Crippen LogP contribution in [-0.4, -0.2) is 0 Å². The summed E-state index contributed by atoms with van der Waals surface area (Å²) in [5.41, 5.74) is 3.00. The first kappa shape index (κ1) is 18.4. The minimum atomic E-state index is -0.676. The van der Waals surface area contributed by atoms with Crippen molar-refractivity contribution in [1.82, 2.24) is 0 Å². The van der Waals surface area contributed by atoms with Gasteiger partial charge >= 0.3 is 0 Å². The molecule has 1 aliphatic rings. The molecule has 1 nitrogen and oxygen atoms in total. The third-order valence-electron chi connectivity index (χ3n) is 5.62. The topological polar surface area (TPSA) is 12.5 Å². The molecule has 0 atom stereocenters. The van der Waals surface area contributed by atoms with Crippen LogP contribution in [0.1, 0.15) is 22.3 Å². The van der Waals surface area contributed by atoms with E-state index in [0.29, 0.717) is 10.0 Å². The largest absolute Gasteiger partial charge is 0.342 e. The van der Waals surface area contributed by atoms with Crippen molar-refractivity contribution in [3.05, 3.63) is 141 Å². The lowest BCUT2D eigenvalue weighted by Gasteiger charge is -2.22. The summed E-state index contributed by atoms with van der Waals surface area (Å²) in [5.74, 6) is 0. The van der Waals surface area contributed by atoms with Crippen LogP contribution in [0.3, 0.4) is 0 Å². The van der Waals surface area contributed by atoms with Crippen LogP contribution in [0.2, 0.25) is 10.0 Å². The van der Waals surface area contributed by atoms with Gasteiger partial charge in [-0.15, -0.1) is 0 Å². The molecule has 0 N–H and O–H groups in total. The van der Waals surface area contributed by atoms with E-state index in [1.54, 1.807) is 0 Å². The average Bonchev–Trinajstić information content (AvgIpc) is 3.48. The SMILES string of the molecule is Clc1ccc(C2(c3ccc(Cl)cc3)OC2(c2ccccc2)c2ccccc2)cc1. The van der Waals surface area contributed by atoms with Crippen molar-refractivity contribution in [2.75, 3.05) is 0 Å². The van der Waals surface area contributed by atoms with Crippen LogP contribution in [0.4, 0.5) is 0 Å². The van der Waals surface area contributed by atoms with Gasteiger partial charge in [0, 0.05) is 10.0 Å². The van der Waals surface area contributed by atoms with Gasteiger partial charge in [0.25, 0.3) is 0 Å². The van der Waals surface area contributed by atoms with Crippen molar-refractivity contribution in [3.8, 4) is 0 Å². The first-order valence-corrected chi connectivity index (χ1v) is 10.3. The van der Waals surface area contributed by atoms with Gasteiger partial charge in [0.15, 0.2) is 11.2 Å². The molecule has 0 amide bonds. The van der Waals surface area contributed by atoms with Gasteiger partial charge in [0.05, 0.1) is 0 Å². The lowest BCUT2D eigenvalue weighted by Crippen LogP contribution is -2.25. The van der Waals surface area contributed by atoms with Crippen LogP contribution >= 0.6 is 23.2 Å². The van der Waals surface area contributed by atoms with Crippen molar-refractivity contribution >= 4 is 23.2 Å². The number of hydrogen-bond donors (Lipinski definition) is 0.